The molecule has 92 valence electrons. The minimum absolute atomic E-state index is 0.522. The lowest BCUT2D eigenvalue weighted by atomic mass is 9.96. The Labute approximate surface area is 107 Å². The number of thiocarbonyl (C=S) groups is 1. The highest BCUT2D eigenvalue weighted by atomic mass is 32.1. The van der Waals surface area contributed by atoms with Gasteiger partial charge < -0.3 is 5.32 Å². The van der Waals surface area contributed by atoms with Gasteiger partial charge in [0, 0.05) is 12.2 Å². The summed E-state index contributed by atoms with van der Waals surface area (Å²) >= 11 is 5.22. The smallest absolute Gasteiger partial charge is 0.185 e. The van der Waals surface area contributed by atoms with Gasteiger partial charge in [-0.15, -0.1) is 0 Å². The average Bonchev–Trinajstić information content (AvgIpc) is 2.39. The molecule has 2 rings (SSSR count). The summed E-state index contributed by atoms with van der Waals surface area (Å²) in [6.07, 6.45) is 8.12. The summed E-state index contributed by atoms with van der Waals surface area (Å²) in [5, 5.41) is 3.96. The summed E-state index contributed by atoms with van der Waals surface area (Å²) in [5.41, 5.74) is 5.92. The van der Waals surface area contributed by atoms with Crippen molar-refractivity contribution in [3.63, 3.8) is 0 Å². The monoisotopic (exact) mass is 250 g/mol. The Bertz CT molecular complexity index is 349. The van der Waals surface area contributed by atoms with Crippen molar-refractivity contribution < 1.29 is 0 Å². The van der Waals surface area contributed by atoms with Gasteiger partial charge in [0.05, 0.1) is 0 Å². The maximum Gasteiger partial charge on any atom is 0.185 e. The number of pyridine rings is 1. The fraction of sp³-hybridized carbons (Fsp3) is 0.500. The van der Waals surface area contributed by atoms with Crippen LogP contribution in [0.1, 0.15) is 32.1 Å². The Kier molecular flexibility index (Phi) is 4.55. The van der Waals surface area contributed by atoms with Crippen molar-refractivity contribution in [2.45, 2.75) is 38.1 Å². The number of hydrazine groups is 1. The van der Waals surface area contributed by atoms with Crippen LogP contribution in [0.2, 0.25) is 0 Å². The lowest BCUT2D eigenvalue weighted by Gasteiger charge is -2.24. The fourth-order valence-electron chi connectivity index (χ4n) is 2.03. The fourth-order valence-corrected chi connectivity index (χ4v) is 2.24. The van der Waals surface area contributed by atoms with E-state index in [9.17, 15) is 0 Å². The molecule has 1 fully saturated rings. The molecule has 0 saturated heterocycles. The van der Waals surface area contributed by atoms with Crippen LogP contribution in [0.5, 0.6) is 0 Å². The zero-order valence-electron chi connectivity index (χ0n) is 9.78. The standard InChI is InChI=1S/C12H18N4S/c17-12(14-10-6-2-1-3-7-10)16-15-11-8-4-5-9-13-11/h4-5,8-10H,1-3,6-7H2,(H,13,15)(H2,14,16,17). The molecular weight excluding hydrogens is 232 g/mol. The van der Waals surface area contributed by atoms with Crippen LogP contribution in [-0.2, 0) is 0 Å². The molecule has 1 aliphatic carbocycles. The lowest BCUT2D eigenvalue weighted by Crippen LogP contribution is -2.44. The van der Waals surface area contributed by atoms with E-state index in [2.05, 4.69) is 21.2 Å². The quantitative estimate of drug-likeness (QED) is 0.567. The molecule has 0 aliphatic heterocycles. The van der Waals surface area contributed by atoms with Crippen molar-refractivity contribution in [3.05, 3.63) is 24.4 Å². The van der Waals surface area contributed by atoms with Crippen LogP contribution in [0.25, 0.3) is 0 Å². The van der Waals surface area contributed by atoms with E-state index in [4.69, 9.17) is 12.2 Å². The molecule has 0 aromatic carbocycles. The van der Waals surface area contributed by atoms with Gasteiger partial charge in [0.2, 0.25) is 0 Å². The number of anilines is 1. The Morgan fingerprint density at radius 3 is 2.76 bits per heavy atom. The van der Waals surface area contributed by atoms with E-state index in [1.54, 1.807) is 6.20 Å². The number of nitrogens with zero attached hydrogens (tertiary/aromatic N) is 1. The molecule has 1 saturated carbocycles. The van der Waals surface area contributed by atoms with Gasteiger partial charge in [-0.05, 0) is 37.2 Å². The summed E-state index contributed by atoms with van der Waals surface area (Å²) in [5.74, 6) is 0.764. The highest BCUT2D eigenvalue weighted by molar-refractivity contribution is 7.80. The maximum atomic E-state index is 5.22. The molecule has 0 atom stereocenters. The number of hydrogen-bond acceptors (Lipinski definition) is 3. The summed E-state index contributed by atoms with van der Waals surface area (Å²) in [6.45, 7) is 0. The molecule has 3 N–H and O–H groups in total. The molecule has 1 heterocycles. The number of nitrogens with one attached hydrogen (secondary N) is 3. The molecule has 0 unspecified atom stereocenters. The molecule has 0 bridgehead atoms. The van der Waals surface area contributed by atoms with Gasteiger partial charge in [-0.25, -0.2) is 4.98 Å². The minimum atomic E-state index is 0.522. The van der Waals surface area contributed by atoms with Crippen molar-refractivity contribution >= 4 is 23.1 Å². The van der Waals surface area contributed by atoms with E-state index in [-0.39, 0.29) is 0 Å². The van der Waals surface area contributed by atoms with Crippen LogP contribution in [0.4, 0.5) is 5.82 Å². The lowest BCUT2D eigenvalue weighted by molar-refractivity contribution is 0.412. The third kappa shape index (κ3) is 4.19. The summed E-state index contributed by atoms with van der Waals surface area (Å²) in [7, 11) is 0. The normalized spacial score (nSPS) is 16.2. The molecular formula is C12H18N4S. The van der Waals surface area contributed by atoms with Crippen molar-refractivity contribution in [1.29, 1.82) is 0 Å². The minimum Gasteiger partial charge on any atom is -0.359 e. The van der Waals surface area contributed by atoms with E-state index in [0.717, 1.165) is 5.82 Å². The molecule has 17 heavy (non-hydrogen) atoms. The van der Waals surface area contributed by atoms with Crippen molar-refractivity contribution in [2.75, 3.05) is 5.43 Å². The topological polar surface area (TPSA) is 49.0 Å². The van der Waals surface area contributed by atoms with Gasteiger partial charge in [0.15, 0.2) is 5.11 Å². The van der Waals surface area contributed by atoms with E-state index in [1.165, 1.54) is 32.1 Å². The van der Waals surface area contributed by atoms with Crippen LogP contribution in [0, 0.1) is 0 Å². The second kappa shape index (κ2) is 6.39. The zero-order valence-corrected chi connectivity index (χ0v) is 10.6. The van der Waals surface area contributed by atoms with E-state index in [0.29, 0.717) is 11.2 Å². The number of rotatable bonds is 3. The third-order valence-corrected chi connectivity index (χ3v) is 3.13. The molecule has 1 aromatic rings. The van der Waals surface area contributed by atoms with Crippen LogP contribution in [0.3, 0.4) is 0 Å². The average molecular weight is 250 g/mol. The van der Waals surface area contributed by atoms with Crippen LogP contribution in [-0.4, -0.2) is 16.1 Å². The highest BCUT2D eigenvalue weighted by Gasteiger charge is 2.13. The van der Waals surface area contributed by atoms with Gasteiger partial charge in [0.1, 0.15) is 5.82 Å². The van der Waals surface area contributed by atoms with Crippen molar-refractivity contribution in [1.82, 2.24) is 15.7 Å². The van der Waals surface area contributed by atoms with E-state index < -0.39 is 0 Å². The zero-order chi connectivity index (χ0) is 11.9. The summed E-state index contributed by atoms with van der Waals surface area (Å²) < 4.78 is 0. The first-order chi connectivity index (χ1) is 8.34. The first kappa shape index (κ1) is 12.1. The first-order valence-electron chi connectivity index (χ1n) is 6.08. The first-order valence-corrected chi connectivity index (χ1v) is 6.49. The number of aromatic nitrogens is 1. The second-order valence-corrected chi connectivity index (χ2v) is 4.68. The van der Waals surface area contributed by atoms with Gasteiger partial charge in [-0.3, -0.25) is 10.9 Å². The van der Waals surface area contributed by atoms with Gasteiger partial charge in [-0.2, -0.15) is 0 Å². The Balaban J connectivity index is 1.70. The van der Waals surface area contributed by atoms with Crippen molar-refractivity contribution in [2.24, 2.45) is 0 Å². The van der Waals surface area contributed by atoms with E-state index >= 15 is 0 Å². The Morgan fingerprint density at radius 2 is 2.06 bits per heavy atom. The third-order valence-electron chi connectivity index (χ3n) is 2.91. The molecule has 5 heteroatoms. The maximum absolute atomic E-state index is 5.22. The van der Waals surface area contributed by atoms with Gasteiger partial charge in [-0.1, -0.05) is 25.3 Å². The summed E-state index contributed by atoms with van der Waals surface area (Å²) in [4.78, 5) is 4.14. The molecule has 0 spiro atoms. The largest absolute Gasteiger partial charge is 0.359 e. The van der Waals surface area contributed by atoms with Gasteiger partial charge in [0.25, 0.3) is 0 Å². The molecule has 4 nitrogen and oxygen atoms in total. The molecule has 1 aromatic heterocycles. The number of hydrogen-bond donors (Lipinski definition) is 3. The molecule has 1 aliphatic rings. The predicted octanol–water partition coefficient (Wildman–Crippen LogP) is 2.21. The molecule has 0 radical (unpaired) electrons. The van der Waals surface area contributed by atoms with E-state index in [1.807, 2.05) is 18.2 Å². The van der Waals surface area contributed by atoms with Crippen LogP contribution < -0.4 is 16.2 Å². The highest BCUT2D eigenvalue weighted by Crippen LogP contribution is 2.17. The summed E-state index contributed by atoms with van der Waals surface area (Å²) in [6, 6.07) is 6.21. The second-order valence-electron chi connectivity index (χ2n) is 4.27. The SMILES string of the molecule is S=C(NNc1ccccn1)NC1CCCCC1. The van der Waals surface area contributed by atoms with Crippen LogP contribution in [0.15, 0.2) is 24.4 Å². The van der Waals surface area contributed by atoms with Crippen LogP contribution >= 0.6 is 12.2 Å². The van der Waals surface area contributed by atoms with Crippen molar-refractivity contribution in [3.8, 4) is 0 Å². The van der Waals surface area contributed by atoms with Gasteiger partial charge >= 0.3 is 0 Å². The molecule has 0 amide bonds. The Morgan fingerprint density at radius 1 is 1.24 bits per heavy atom. The Hall–Kier alpha value is -1.36. The predicted molar refractivity (Wildman–Crippen MR) is 73.6 cm³/mol.